The van der Waals surface area contributed by atoms with E-state index in [9.17, 15) is 43.2 Å². The quantitative estimate of drug-likeness (QED) is 0.0222. The van der Waals surface area contributed by atoms with Crippen molar-refractivity contribution in [2.24, 2.45) is 11.8 Å². The number of carbonyl (C=O) groups is 4. The summed E-state index contributed by atoms with van der Waals surface area (Å²) in [4.78, 5) is 72.4. The first-order chi connectivity index (χ1) is 41.9. The number of rotatable bonds is 67. The average molecular weight is 1280 g/mol. The molecule has 6 atom stereocenters. The van der Waals surface area contributed by atoms with Crippen LogP contribution >= 0.6 is 15.6 Å². The molecule has 0 aromatic carbocycles. The first-order valence-electron chi connectivity index (χ1n) is 35.5. The van der Waals surface area contributed by atoms with Crippen LogP contribution in [0.2, 0.25) is 0 Å². The van der Waals surface area contributed by atoms with Crippen LogP contribution in [0.4, 0.5) is 0 Å². The van der Waals surface area contributed by atoms with E-state index in [0.29, 0.717) is 25.7 Å². The fourth-order valence-corrected chi connectivity index (χ4v) is 11.8. The lowest BCUT2D eigenvalue weighted by Gasteiger charge is -2.21. The van der Waals surface area contributed by atoms with Gasteiger partial charge in [-0.1, -0.05) is 292 Å². The van der Waals surface area contributed by atoms with Gasteiger partial charge in [-0.15, -0.1) is 0 Å². The van der Waals surface area contributed by atoms with Crippen molar-refractivity contribution in [1.82, 2.24) is 0 Å². The zero-order valence-electron chi connectivity index (χ0n) is 56.3. The smallest absolute Gasteiger partial charge is 0.462 e. The predicted molar refractivity (Wildman–Crippen MR) is 349 cm³/mol. The molecule has 0 aliphatic rings. The Morgan fingerprint density at radius 2 is 0.586 bits per heavy atom. The van der Waals surface area contributed by atoms with E-state index < -0.39 is 97.5 Å². The van der Waals surface area contributed by atoms with Crippen molar-refractivity contribution in [2.45, 2.75) is 362 Å². The second-order valence-corrected chi connectivity index (χ2v) is 28.2. The Morgan fingerprint density at radius 1 is 0.333 bits per heavy atom. The van der Waals surface area contributed by atoms with Gasteiger partial charge in [0.25, 0.3) is 0 Å². The van der Waals surface area contributed by atoms with E-state index in [1.54, 1.807) is 0 Å². The molecule has 0 bridgehead atoms. The molecule has 0 fully saturated rings. The van der Waals surface area contributed by atoms with Crippen LogP contribution in [0.25, 0.3) is 0 Å². The average Bonchev–Trinajstić information content (AvgIpc) is 3.69. The van der Waals surface area contributed by atoms with Crippen molar-refractivity contribution >= 4 is 39.5 Å². The van der Waals surface area contributed by atoms with Gasteiger partial charge in [0.1, 0.15) is 19.3 Å². The summed E-state index contributed by atoms with van der Waals surface area (Å²) in [6.07, 6.45) is 44.5. The molecule has 0 aromatic rings. The first-order valence-corrected chi connectivity index (χ1v) is 38.5. The molecule has 0 amide bonds. The van der Waals surface area contributed by atoms with Gasteiger partial charge in [0.2, 0.25) is 0 Å². The number of phosphoric ester groups is 2. The van der Waals surface area contributed by atoms with Gasteiger partial charge in [0.15, 0.2) is 12.2 Å². The Kier molecular flexibility index (Phi) is 59.0. The number of aliphatic hydroxyl groups excluding tert-OH is 1. The Morgan fingerprint density at radius 3 is 0.874 bits per heavy atom. The van der Waals surface area contributed by atoms with Gasteiger partial charge in [-0.25, -0.2) is 9.13 Å². The lowest BCUT2D eigenvalue weighted by Crippen LogP contribution is -2.30. The standard InChI is InChI=1S/C68H132O17P2/c1-7-10-12-14-16-18-20-21-22-23-24-25-27-33-40-46-52-67(72)84-63(56-79-66(71)51-45-39-32-29-28-30-36-42-48-60(4)5)58-82-86(74,75)80-54-62(69)55-81-87(76,77)83-59-64(85-68(73)53-47-41-35-34-37-43-49-61(6)9-3)57-78-65(70)50-44-38-31-26-19-17-15-13-11-8-2/h60-64,69H,7-59H2,1-6H3,(H,74,75)(H,76,77)/t61?,62-,63-,64-/m1/s1. The number of aliphatic hydroxyl groups is 1. The Bertz CT molecular complexity index is 1700. The van der Waals surface area contributed by atoms with Gasteiger partial charge in [-0.05, 0) is 37.5 Å². The highest BCUT2D eigenvalue weighted by Gasteiger charge is 2.30. The van der Waals surface area contributed by atoms with Crippen LogP contribution in [0, 0.1) is 11.8 Å². The number of esters is 4. The summed E-state index contributed by atoms with van der Waals surface area (Å²) >= 11 is 0. The second-order valence-electron chi connectivity index (χ2n) is 25.3. The van der Waals surface area contributed by atoms with Crippen LogP contribution in [-0.2, 0) is 65.4 Å². The summed E-state index contributed by atoms with van der Waals surface area (Å²) in [6.45, 7) is 9.44. The van der Waals surface area contributed by atoms with Gasteiger partial charge in [0.05, 0.1) is 26.4 Å². The number of ether oxygens (including phenoxy) is 4. The van der Waals surface area contributed by atoms with E-state index in [0.717, 1.165) is 102 Å². The summed E-state index contributed by atoms with van der Waals surface area (Å²) in [5.41, 5.74) is 0. The zero-order valence-corrected chi connectivity index (χ0v) is 58.1. The summed E-state index contributed by atoms with van der Waals surface area (Å²) in [7, 11) is -9.89. The fraction of sp³-hybridized carbons (Fsp3) is 0.941. The van der Waals surface area contributed by atoms with E-state index in [1.165, 1.54) is 161 Å². The molecule has 17 nitrogen and oxygen atoms in total. The minimum Gasteiger partial charge on any atom is -0.462 e. The van der Waals surface area contributed by atoms with Crippen LogP contribution < -0.4 is 0 Å². The highest BCUT2D eigenvalue weighted by molar-refractivity contribution is 7.47. The van der Waals surface area contributed by atoms with Crippen molar-refractivity contribution in [2.75, 3.05) is 39.6 Å². The summed E-state index contributed by atoms with van der Waals surface area (Å²) in [5.74, 6) is -0.683. The lowest BCUT2D eigenvalue weighted by atomic mass is 10.00. The summed E-state index contributed by atoms with van der Waals surface area (Å²) in [5, 5.41) is 10.6. The van der Waals surface area contributed by atoms with Crippen LogP contribution in [0.5, 0.6) is 0 Å². The van der Waals surface area contributed by atoms with Crippen LogP contribution in [0.15, 0.2) is 0 Å². The lowest BCUT2D eigenvalue weighted by molar-refractivity contribution is -0.161. The van der Waals surface area contributed by atoms with Crippen molar-refractivity contribution in [3.63, 3.8) is 0 Å². The van der Waals surface area contributed by atoms with E-state index in [1.807, 2.05) is 0 Å². The maximum Gasteiger partial charge on any atom is 0.472 e. The first kappa shape index (κ1) is 85.1. The zero-order chi connectivity index (χ0) is 64.3. The molecule has 3 N–H and O–H groups in total. The highest BCUT2D eigenvalue weighted by atomic mass is 31.2. The fourth-order valence-electron chi connectivity index (χ4n) is 10.2. The van der Waals surface area contributed by atoms with Gasteiger partial charge in [-0.3, -0.25) is 37.3 Å². The topological polar surface area (TPSA) is 237 Å². The van der Waals surface area contributed by atoms with Gasteiger partial charge >= 0.3 is 39.5 Å². The second kappa shape index (κ2) is 60.3. The number of phosphoric acid groups is 2. The molecule has 0 saturated carbocycles. The molecule has 0 aromatic heterocycles. The summed E-state index contributed by atoms with van der Waals surface area (Å²) in [6, 6.07) is 0. The minimum atomic E-state index is -4.95. The number of unbranched alkanes of at least 4 members (excludes halogenated alkanes) is 36. The molecule has 0 spiro atoms. The van der Waals surface area contributed by atoms with Gasteiger partial charge < -0.3 is 33.8 Å². The molecule has 19 heteroatoms. The SMILES string of the molecule is CCCCCCCCCCCCCCCCCCC(=O)O[C@H](COC(=O)CCCCCCCCCCC(C)C)COP(=O)(O)OC[C@@H](O)COP(=O)(O)OC[C@@H](COC(=O)CCCCCCCCCCCC)OC(=O)CCCCCCCCC(C)CC. The Balaban J connectivity index is 5.23. The predicted octanol–water partition coefficient (Wildman–Crippen LogP) is 19.2. The third-order valence-electron chi connectivity index (χ3n) is 16.1. The maximum atomic E-state index is 13.0. The van der Waals surface area contributed by atoms with E-state index in [2.05, 4.69) is 41.5 Å². The molecular formula is C68H132O17P2. The van der Waals surface area contributed by atoms with E-state index in [4.69, 9.17) is 37.0 Å². The highest BCUT2D eigenvalue weighted by Crippen LogP contribution is 2.45. The van der Waals surface area contributed by atoms with E-state index in [-0.39, 0.29) is 25.7 Å². The molecule has 0 radical (unpaired) electrons. The number of hydrogen-bond donors (Lipinski definition) is 3. The van der Waals surface area contributed by atoms with Crippen molar-refractivity contribution in [3.8, 4) is 0 Å². The molecule has 0 aliphatic carbocycles. The van der Waals surface area contributed by atoms with Crippen LogP contribution in [0.1, 0.15) is 343 Å². The molecule has 3 unspecified atom stereocenters. The monoisotopic (exact) mass is 1280 g/mol. The van der Waals surface area contributed by atoms with Gasteiger partial charge in [0, 0.05) is 25.7 Å². The Labute approximate surface area is 530 Å². The molecule has 0 heterocycles. The molecular weight excluding hydrogens is 1150 g/mol. The minimum absolute atomic E-state index is 0.103. The van der Waals surface area contributed by atoms with Crippen molar-refractivity contribution < 1.29 is 80.2 Å². The number of carbonyl (C=O) groups excluding carboxylic acids is 4. The van der Waals surface area contributed by atoms with Crippen molar-refractivity contribution in [3.05, 3.63) is 0 Å². The van der Waals surface area contributed by atoms with Crippen molar-refractivity contribution in [1.29, 1.82) is 0 Å². The summed E-state index contributed by atoms with van der Waals surface area (Å²) < 4.78 is 68.2. The maximum absolute atomic E-state index is 13.0. The van der Waals surface area contributed by atoms with Crippen LogP contribution in [0.3, 0.4) is 0 Å². The largest absolute Gasteiger partial charge is 0.472 e. The third-order valence-corrected chi connectivity index (χ3v) is 18.0. The normalized spacial score (nSPS) is 14.5. The molecule has 87 heavy (non-hydrogen) atoms. The third kappa shape index (κ3) is 61.3. The molecule has 0 rings (SSSR count). The number of hydrogen-bond acceptors (Lipinski definition) is 15. The van der Waals surface area contributed by atoms with E-state index >= 15 is 0 Å². The van der Waals surface area contributed by atoms with Crippen LogP contribution in [-0.4, -0.2) is 96.7 Å². The Hall–Kier alpha value is -1.94. The molecule has 0 saturated heterocycles. The van der Waals surface area contributed by atoms with Gasteiger partial charge in [-0.2, -0.15) is 0 Å². The molecule has 0 aliphatic heterocycles. The molecule has 516 valence electrons.